The molecule has 0 aliphatic rings. The molecule has 2 rings (SSSR count). The van der Waals surface area contributed by atoms with Gasteiger partial charge in [-0.15, -0.1) is 0 Å². The van der Waals surface area contributed by atoms with Crippen LogP contribution in [0, 0.1) is 3.57 Å². The van der Waals surface area contributed by atoms with Gasteiger partial charge in [0.2, 0.25) is 5.91 Å². The molecule has 24 heavy (non-hydrogen) atoms. The molecule has 0 atom stereocenters. The fourth-order valence-electron chi connectivity index (χ4n) is 1.84. The van der Waals surface area contributed by atoms with Gasteiger partial charge in [0.25, 0.3) is 11.8 Å². The van der Waals surface area contributed by atoms with Crippen LogP contribution in [0.1, 0.15) is 34.1 Å². The number of carbonyl (C=O) groups excluding carboxylic acids is 3. The van der Waals surface area contributed by atoms with Gasteiger partial charge >= 0.3 is 0 Å². The lowest BCUT2D eigenvalue weighted by atomic mass is 10.2. The summed E-state index contributed by atoms with van der Waals surface area (Å²) in [7, 11) is 0. The van der Waals surface area contributed by atoms with Gasteiger partial charge < -0.3 is 5.32 Å². The third-order valence-corrected chi connectivity index (χ3v) is 3.80. The molecule has 0 aliphatic carbocycles. The van der Waals surface area contributed by atoms with E-state index in [1.165, 1.54) is 0 Å². The second-order valence-electron chi connectivity index (χ2n) is 4.90. The number of rotatable bonds is 4. The van der Waals surface area contributed by atoms with E-state index in [-0.39, 0.29) is 5.91 Å². The number of benzene rings is 2. The first-order valence-electron chi connectivity index (χ1n) is 7.25. The zero-order valence-electron chi connectivity index (χ0n) is 12.9. The smallest absolute Gasteiger partial charge is 0.269 e. The molecule has 0 aromatic heterocycles. The zero-order chi connectivity index (χ0) is 17.5. The summed E-state index contributed by atoms with van der Waals surface area (Å²) in [5, 5.41) is 2.69. The van der Waals surface area contributed by atoms with Crippen molar-refractivity contribution in [3.8, 4) is 0 Å². The highest BCUT2D eigenvalue weighted by Crippen LogP contribution is 2.10. The van der Waals surface area contributed by atoms with Gasteiger partial charge in [-0.3, -0.25) is 25.2 Å². The minimum absolute atomic E-state index is 0.100. The lowest BCUT2D eigenvalue weighted by molar-refractivity contribution is -0.115. The van der Waals surface area contributed by atoms with Crippen molar-refractivity contribution < 1.29 is 14.4 Å². The molecular formula is C17H16IN3O3. The Morgan fingerprint density at radius 2 is 1.54 bits per heavy atom. The number of halogens is 1. The molecule has 0 aliphatic heterocycles. The molecule has 0 unspecified atom stereocenters. The molecule has 3 N–H and O–H groups in total. The fraction of sp³-hybridized carbons (Fsp3) is 0.118. The van der Waals surface area contributed by atoms with Gasteiger partial charge in [-0.2, -0.15) is 0 Å². The molecule has 0 fully saturated rings. The summed E-state index contributed by atoms with van der Waals surface area (Å²) in [6.07, 6.45) is 0.382. The Hall–Kier alpha value is -2.42. The molecule has 7 heteroatoms. The average molecular weight is 437 g/mol. The molecule has 3 amide bonds. The maximum Gasteiger partial charge on any atom is 0.269 e. The number of hydrogen-bond donors (Lipinski definition) is 3. The summed E-state index contributed by atoms with van der Waals surface area (Å²) in [6, 6.07) is 13.4. The summed E-state index contributed by atoms with van der Waals surface area (Å²) < 4.78 is 0.927. The largest absolute Gasteiger partial charge is 0.326 e. The van der Waals surface area contributed by atoms with Crippen LogP contribution < -0.4 is 16.2 Å². The van der Waals surface area contributed by atoms with Crippen LogP contribution >= 0.6 is 22.6 Å². The van der Waals surface area contributed by atoms with Crippen molar-refractivity contribution in [1.29, 1.82) is 0 Å². The summed E-state index contributed by atoms with van der Waals surface area (Å²) >= 11 is 2.11. The predicted molar refractivity (Wildman–Crippen MR) is 99.5 cm³/mol. The monoisotopic (exact) mass is 437 g/mol. The second kappa shape index (κ2) is 8.44. The van der Waals surface area contributed by atoms with Gasteiger partial charge in [-0.1, -0.05) is 13.0 Å². The number of hydrazine groups is 1. The zero-order valence-corrected chi connectivity index (χ0v) is 15.1. The SMILES string of the molecule is CCC(=O)Nc1ccc(C(=O)NNC(=O)c2cccc(I)c2)cc1. The quantitative estimate of drug-likeness (QED) is 0.508. The third kappa shape index (κ3) is 5.05. The molecule has 2 aromatic rings. The average Bonchev–Trinajstić information content (AvgIpc) is 2.59. The lowest BCUT2D eigenvalue weighted by Gasteiger charge is -2.08. The molecule has 6 nitrogen and oxygen atoms in total. The van der Waals surface area contributed by atoms with Gasteiger partial charge in [0.05, 0.1) is 0 Å². The first-order chi connectivity index (χ1) is 11.5. The first-order valence-corrected chi connectivity index (χ1v) is 8.33. The Morgan fingerprint density at radius 1 is 0.917 bits per heavy atom. The maximum atomic E-state index is 12.0. The molecular weight excluding hydrogens is 421 g/mol. The molecule has 2 aromatic carbocycles. The topological polar surface area (TPSA) is 87.3 Å². The Bertz CT molecular complexity index is 760. The second-order valence-corrected chi connectivity index (χ2v) is 6.14. The molecule has 0 bridgehead atoms. The highest BCUT2D eigenvalue weighted by Gasteiger charge is 2.09. The summed E-state index contributed by atoms with van der Waals surface area (Å²) in [4.78, 5) is 35.3. The summed E-state index contributed by atoms with van der Waals surface area (Å²) in [5.41, 5.74) is 6.17. The van der Waals surface area contributed by atoms with Crippen molar-refractivity contribution in [1.82, 2.24) is 10.9 Å². The molecule has 0 heterocycles. The van der Waals surface area contributed by atoms with Gasteiger partial charge in [-0.25, -0.2) is 0 Å². The van der Waals surface area contributed by atoms with Crippen molar-refractivity contribution >= 4 is 46.0 Å². The number of amides is 3. The summed E-state index contributed by atoms with van der Waals surface area (Å²) in [5.74, 6) is -0.937. The van der Waals surface area contributed by atoms with Gasteiger partial charge in [0.1, 0.15) is 0 Å². The molecule has 0 spiro atoms. The van der Waals surface area contributed by atoms with Crippen LogP contribution in [0.25, 0.3) is 0 Å². The van der Waals surface area contributed by atoms with Crippen LogP contribution in [-0.4, -0.2) is 17.7 Å². The van der Waals surface area contributed by atoms with E-state index in [2.05, 4.69) is 38.8 Å². The standard InChI is InChI=1S/C17H16IN3O3/c1-2-15(22)19-14-8-6-11(7-9-14)16(23)20-21-17(24)12-4-3-5-13(18)10-12/h3-10H,2H2,1H3,(H,19,22)(H,20,23)(H,21,24). The van der Waals surface area contributed by atoms with Crippen LogP contribution in [-0.2, 0) is 4.79 Å². The van der Waals surface area contributed by atoms with E-state index in [1.54, 1.807) is 49.4 Å². The highest BCUT2D eigenvalue weighted by molar-refractivity contribution is 14.1. The van der Waals surface area contributed by atoms with Crippen molar-refractivity contribution in [3.05, 3.63) is 63.2 Å². The Kier molecular flexibility index (Phi) is 6.30. The predicted octanol–water partition coefficient (Wildman–Crippen LogP) is 2.71. The van der Waals surface area contributed by atoms with E-state index in [9.17, 15) is 14.4 Å². The molecule has 0 saturated heterocycles. The Labute approximate surface area is 153 Å². The van der Waals surface area contributed by atoms with Crippen LogP contribution in [0.3, 0.4) is 0 Å². The summed E-state index contributed by atoms with van der Waals surface area (Å²) in [6.45, 7) is 1.76. The van der Waals surface area contributed by atoms with Gasteiger partial charge in [0.15, 0.2) is 0 Å². The Balaban J connectivity index is 1.92. The molecule has 0 radical (unpaired) electrons. The minimum Gasteiger partial charge on any atom is -0.326 e. The van der Waals surface area contributed by atoms with E-state index in [0.29, 0.717) is 23.2 Å². The number of nitrogens with one attached hydrogen (secondary N) is 3. The van der Waals surface area contributed by atoms with Gasteiger partial charge in [-0.05, 0) is 65.1 Å². The first kappa shape index (κ1) is 17.9. The van der Waals surface area contributed by atoms with E-state index < -0.39 is 11.8 Å². The van der Waals surface area contributed by atoms with E-state index in [0.717, 1.165) is 3.57 Å². The number of anilines is 1. The highest BCUT2D eigenvalue weighted by atomic mass is 127. The lowest BCUT2D eigenvalue weighted by Crippen LogP contribution is -2.41. The van der Waals surface area contributed by atoms with Crippen molar-refractivity contribution in [2.75, 3.05) is 5.32 Å². The van der Waals surface area contributed by atoms with Crippen molar-refractivity contribution in [3.63, 3.8) is 0 Å². The van der Waals surface area contributed by atoms with Crippen LogP contribution in [0.2, 0.25) is 0 Å². The minimum atomic E-state index is -0.442. The van der Waals surface area contributed by atoms with Gasteiger partial charge in [0, 0.05) is 26.8 Å². The Morgan fingerprint density at radius 3 is 2.12 bits per heavy atom. The third-order valence-electron chi connectivity index (χ3n) is 3.13. The van der Waals surface area contributed by atoms with Crippen LogP contribution in [0.15, 0.2) is 48.5 Å². The molecule has 124 valence electrons. The van der Waals surface area contributed by atoms with Crippen LogP contribution in [0.4, 0.5) is 5.69 Å². The normalized spacial score (nSPS) is 9.92. The fourth-order valence-corrected chi connectivity index (χ4v) is 2.39. The van der Waals surface area contributed by atoms with E-state index in [4.69, 9.17) is 0 Å². The maximum absolute atomic E-state index is 12.0. The molecule has 0 saturated carbocycles. The number of hydrogen-bond acceptors (Lipinski definition) is 3. The van der Waals surface area contributed by atoms with E-state index >= 15 is 0 Å². The van der Waals surface area contributed by atoms with E-state index in [1.807, 2.05) is 6.07 Å². The number of carbonyl (C=O) groups is 3. The van der Waals surface area contributed by atoms with Crippen molar-refractivity contribution in [2.45, 2.75) is 13.3 Å². The van der Waals surface area contributed by atoms with Crippen LogP contribution in [0.5, 0.6) is 0 Å². The van der Waals surface area contributed by atoms with Crippen molar-refractivity contribution in [2.24, 2.45) is 0 Å².